The molecule has 0 heterocycles. The van der Waals surface area contributed by atoms with E-state index in [1.54, 1.807) is 7.11 Å². The van der Waals surface area contributed by atoms with Crippen molar-refractivity contribution in [3.63, 3.8) is 0 Å². The van der Waals surface area contributed by atoms with E-state index in [9.17, 15) is 19.3 Å². The Labute approximate surface area is 115 Å². The molecule has 0 aliphatic heterocycles. The summed E-state index contributed by atoms with van der Waals surface area (Å²) in [5.41, 5.74) is -0.652. The van der Waals surface area contributed by atoms with Crippen LogP contribution < -0.4 is 5.32 Å². The molecular weight excluding hydrogens is 267 g/mol. The van der Waals surface area contributed by atoms with E-state index >= 15 is 0 Å². The van der Waals surface area contributed by atoms with Gasteiger partial charge in [-0.3, -0.25) is 14.9 Å². The number of carbonyl (C=O) groups excluding carboxylic acids is 1. The highest BCUT2D eigenvalue weighted by atomic mass is 19.1. The van der Waals surface area contributed by atoms with E-state index in [-0.39, 0.29) is 17.7 Å². The number of nitrogens with one attached hydrogen (secondary N) is 1. The molecule has 20 heavy (non-hydrogen) atoms. The van der Waals surface area contributed by atoms with Crippen LogP contribution in [-0.2, 0) is 4.74 Å². The molecule has 1 aliphatic carbocycles. The maximum atomic E-state index is 13.2. The molecule has 6 nitrogen and oxygen atoms in total. The van der Waals surface area contributed by atoms with Gasteiger partial charge >= 0.3 is 0 Å². The van der Waals surface area contributed by atoms with Gasteiger partial charge in [0.05, 0.1) is 11.0 Å². The first-order valence-electron chi connectivity index (χ1n) is 6.29. The maximum absolute atomic E-state index is 13.2. The number of hydrogen-bond acceptors (Lipinski definition) is 4. The lowest BCUT2D eigenvalue weighted by Crippen LogP contribution is -2.33. The minimum Gasteiger partial charge on any atom is -0.381 e. The molecule has 7 heteroatoms. The SMILES string of the molecule is COC1CCC(NC(=O)c2cc(F)ccc2[N+](=O)[O-])C1. The molecule has 2 unspecified atom stereocenters. The molecule has 1 aromatic rings. The van der Waals surface area contributed by atoms with E-state index in [0.717, 1.165) is 31.0 Å². The second-order valence-electron chi connectivity index (χ2n) is 4.76. The normalized spacial score (nSPS) is 21.7. The van der Waals surface area contributed by atoms with Crippen LogP contribution in [-0.4, -0.2) is 30.1 Å². The number of halogens is 1. The third-order valence-corrected chi connectivity index (χ3v) is 3.45. The molecule has 1 fully saturated rings. The number of rotatable bonds is 4. The minimum atomic E-state index is -0.693. The molecule has 1 N–H and O–H groups in total. The number of ether oxygens (including phenoxy) is 1. The average Bonchev–Trinajstić information content (AvgIpc) is 2.85. The largest absolute Gasteiger partial charge is 0.381 e. The quantitative estimate of drug-likeness (QED) is 0.676. The van der Waals surface area contributed by atoms with Crippen molar-refractivity contribution in [3.8, 4) is 0 Å². The number of hydrogen-bond donors (Lipinski definition) is 1. The lowest BCUT2D eigenvalue weighted by molar-refractivity contribution is -0.385. The van der Waals surface area contributed by atoms with Crippen LogP contribution in [0, 0.1) is 15.9 Å². The number of benzene rings is 1. The Morgan fingerprint density at radius 1 is 1.50 bits per heavy atom. The zero-order chi connectivity index (χ0) is 14.7. The number of amides is 1. The average molecular weight is 282 g/mol. The first kappa shape index (κ1) is 14.4. The number of nitro benzene ring substituents is 1. The van der Waals surface area contributed by atoms with Gasteiger partial charge in [0.2, 0.25) is 0 Å². The summed E-state index contributed by atoms with van der Waals surface area (Å²) in [6, 6.07) is 2.74. The first-order valence-corrected chi connectivity index (χ1v) is 6.29. The van der Waals surface area contributed by atoms with Crippen molar-refractivity contribution in [3.05, 3.63) is 39.7 Å². The van der Waals surface area contributed by atoms with Crippen molar-refractivity contribution >= 4 is 11.6 Å². The molecule has 1 amide bonds. The maximum Gasteiger partial charge on any atom is 0.282 e. The van der Waals surface area contributed by atoms with Crippen LogP contribution in [0.2, 0.25) is 0 Å². The second-order valence-corrected chi connectivity index (χ2v) is 4.76. The van der Waals surface area contributed by atoms with Crippen molar-refractivity contribution in [1.82, 2.24) is 5.32 Å². The molecule has 1 saturated carbocycles. The summed E-state index contributed by atoms with van der Waals surface area (Å²) in [5, 5.41) is 13.5. The molecule has 0 radical (unpaired) electrons. The van der Waals surface area contributed by atoms with Gasteiger partial charge in [0.15, 0.2) is 0 Å². The van der Waals surface area contributed by atoms with Crippen molar-refractivity contribution in [2.24, 2.45) is 0 Å². The number of nitro groups is 1. The fourth-order valence-electron chi connectivity index (χ4n) is 2.40. The lowest BCUT2D eigenvalue weighted by Gasteiger charge is -2.13. The summed E-state index contributed by atoms with van der Waals surface area (Å²) in [5.74, 6) is -1.31. The molecule has 2 atom stereocenters. The van der Waals surface area contributed by atoms with E-state index < -0.39 is 22.3 Å². The Kier molecular flexibility index (Phi) is 4.29. The van der Waals surface area contributed by atoms with Crippen LogP contribution in [0.4, 0.5) is 10.1 Å². The van der Waals surface area contributed by atoms with E-state index in [1.165, 1.54) is 0 Å². The van der Waals surface area contributed by atoms with Crippen LogP contribution >= 0.6 is 0 Å². The minimum absolute atomic E-state index is 0.0859. The highest BCUT2D eigenvalue weighted by molar-refractivity contribution is 5.98. The zero-order valence-electron chi connectivity index (χ0n) is 11.0. The molecule has 1 aromatic carbocycles. The van der Waals surface area contributed by atoms with Crippen LogP contribution in [0.1, 0.15) is 29.6 Å². The van der Waals surface area contributed by atoms with Gasteiger partial charge in [-0.25, -0.2) is 4.39 Å². The van der Waals surface area contributed by atoms with Crippen molar-refractivity contribution in [2.45, 2.75) is 31.4 Å². The van der Waals surface area contributed by atoms with Crippen molar-refractivity contribution in [1.29, 1.82) is 0 Å². The molecule has 0 bridgehead atoms. The predicted octanol–water partition coefficient (Wildman–Crippen LogP) is 2.03. The standard InChI is InChI=1S/C13H15FN2O4/c1-20-10-4-3-9(7-10)15-13(17)11-6-8(14)2-5-12(11)16(18)19/h2,5-6,9-10H,3-4,7H2,1H3,(H,15,17). The van der Waals surface area contributed by atoms with Crippen LogP contribution in [0.25, 0.3) is 0 Å². The van der Waals surface area contributed by atoms with E-state index in [1.807, 2.05) is 0 Å². The van der Waals surface area contributed by atoms with Crippen molar-refractivity contribution < 1.29 is 18.8 Å². The number of nitrogens with zero attached hydrogens (tertiary/aromatic N) is 1. The highest BCUT2D eigenvalue weighted by Gasteiger charge is 2.28. The first-order chi connectivity index (χ1) is 9.51. The Hall–Kier alpha value is -2.02. The van der Waals surface area contributed by atoms with Gasteiger partial charge in [0, 0.05) is 19.2 Å². The third kappa shape index (κ3) is 3.11. The smallest absolute Gasteiger partial charge is 0.282 e. The Bertz CT molecular complexity index is 535. The second kappa shape index (κ2) is 5.96. The topological polar surface area (TPSA) is 81.5 Å². The number of methoxy groups -OCH3 is 1. The van der Waals surface area contributed by atoms with Gasteiger partial charge in [0.1, 0.15) is 11.4 Å². The van der Waals surface area contributed by atoms with Gasteiger partial charge in [-0.05, 0) is 31.4 Å². The van der Waals surface area contributed by atoms with Gasteiger partial charge in [-0.2, -0.15) is 0 Å². The Balaban J connectivity index is 2.13. The van der Waals surface area contributed by atoms with Gasteiger partial charge in [-0.1, -0.05) is 0 Å². The molecule has 0 saturated heterocycles. The fourth-order valence-corrected chi connectivity index (χ4v) is 2.40. The van der Waals surface area contributed by atoms with Crippen LogP contribution in [0.5, 0.6) is 0 Å². The molecule has 1 aliphatic rings. The van der Waals surface area contributed by atoms with E-state index in [0.29, 0.717) is 6.42 Å². The molecule has 108 valence electrons. The summed E-state index contributed by atoms with van der Waals surface area (Å²) in [6.45, 7) is 0. The summed E-state index contributed by atoms with van der Waals surface area (Å²) in [6.07, 6.45) is 2.31. The molecule has 0 aromatic heterocycles. The fraction of sp³-hybridized carbons (Fsp3) is 0.462. The van der Waals surface area contributed by atoms with E-state index in [2.05, 4.69) is 5.32 Å². The molecular formula is C13H15FN2O4. The molecule has 2 rings (SSSR count). The molecule has 0 spiro atoms. The Morgan fingerprint density at radius 3 is 2.85 bits per heavy atom. The summed E-state index contributed by atoms with van der Waals surface area (Å²) < 4.78 is 18.4. The van der Waals surface area contributed by atoms with Gasteiger partial charge < -0.3 is 10.1 Å². The predicted molar refractivity (Wildman–Crippen MR) is 69.0 cm³/mol. The monoisotopic (exact) mass is 282 g/mol. The van der Waals surface area contributed by atoms with E-state index in [4.69, 9.17) is 4.74 Å². The lowest BCUT2D eigenvalue weighted by atomic mass is 10.1. The van der Waals surface area contributed by atoms with Gasteiger partial charge in [-0.15, -0.1) is 0 Å². The van der Waals surface area contributed by atoms with Gasteiger partial charge in [0.25, 0.3) is 11.6 Å². The zero-order valence-corrected chi connectivity index (χ0v) is 11.0. The summed E-state index contributed by atoms with van der Waals surface area (Å²) >= 11 is 0. The van der Waals surface area contributed by atoms with Crippen LogP contribution in [0.15, 0.2) is 18.2 Å². The third-order valence-electron chi connectivity index (χ3n) is 3.45. The van der Waals surface area contributed by atoms with Crippen LogP contribution in [0.3, 0.4) is 0 Å². The number of carbonyl (C=O) groups is 1. The highest BCUT2D eigenvalue weighted by Crippen LogP contribution is 2.24. The summed E-state index contributed by atoms with van der Waals surface area (Å²) in [7, 11) is 1.60. The summed E-state index contributed by atoms with van der Waals surface area (Å²) in [4.78, 5) is 22.2. The Morgan fingerprint density at radius 2 is 2.25 bits per heavy atom. The van der Waals surface area contributed by atoms with Crippen molar-refractivity contribution in [2.75, 3.05) is 7.11 Å².